The lowest BCUT2D eigenvalue weighted by molar-refractivity contribution is -0.150. The van der Waals surface area contributed by atoms with Crippen LogP contribution in [0.4, 0.5) is 14.5 Å². The van der Waals surface area contributed by atoms with E-state index >= 15 is 0 Å². The molecular weight excluding hydrogens is 442 g/mol. The van der Waals surface area contributed by atoms with Crippen LogP contribution in [0.2, 0.25) is 5.02 Å². The molecule has 2 aromatic carbocycles. The highest BCUT2D eigenvalue weighted by atomic mass is 35.5. The van der Waals surface area contributed by atoms with Crippen LogP contribution in [0.15, 0.2) is 47.4 Å². The molecule has 1 aliphatic rings. The number of anilines is 1. The first-order valence-corrected chi connectivity index (χ1v) is 10.7. The van der Waals surface area contributed by atoms with Crippen LogP contribution >= 0.6 is 11.6 Å². The van der Waals surface area contributed by atoms with Gasteiger partial charge in [0.2, 0.25) is 10.0 Å². The van der Waals surface area contributed by atoms with Gasteiger partial charge in [0.15, 0.2) is 6.61 Å². The second-order valence-electron chi connectivity index (χ2n) is 6.51. The first kappa shape index (κ1) is 22.1. The van der Waals surface area contributed by atoms with Gasteiger partial charge in [0.1, 0.15) is 17.7 Å². The third kappa shape index (κ3) is 4.94. The van der Waals surface area contributed by atoms with E-state index in [-0.39, 0.29) is 23.5 Å². The smallest absolute Gasteiger partial charge is 0.324 e. The SMILES string of the molecule is O=C(COC(=O)C1CCCN1S(=O)(=O)c1ccc(Cl)cc1)Nc1ccc(F)cc1F. The zero-order chi connectivity index (χ0) is 21.9. The minimum Gasteiger partial charge on any atom is -0.454 e. The number of halogens is 3. The van der Waals surface area contributed by atoms with Gasteiger partial charge in [-0.05, 0) is 49.2 Å². The standard InChI is InChI=1S/C19H17ClF2N2O5S/c20-12-3-6-14(7-4-12)30(27,28)24-9-1-2-17(24)19(26)29-11-18(25)23-16-8-5-13(21)10-15(16)22/h3-8,10,17H,1-2,9,11H2,(H,23,25). The first-order chi connectivity index (χ1) is 14.2. The van der Waals surface area contributed by atoms with E-state index in [1.54, 1.807) is 0 Å². The van der Waals surface area contributed by atoms with Gasteiger partial charge >= 0.3 is 5.97 Å². The zero-order valence-electron chi connectivity index (χ0n) is 15.5. The molecule has 0 spiro atoms. The minimum absolute atomic E-state index is 0.0175. The topological polar surface area (TPSA) is 92.8 Å². The van der Waals surface area contributed by atoms with E-state index in [9.17, 15) is 26.8 Å². The number of sulfonamides is 1. The fourth-order valence-electron chi connectivity index (χ4n) is 3.02. The number of carbonyl (C=O) groups is 2. The van der Waals surface area contributed by atoms with Crippen LogP contribution in [0.3, 0.4) is 0 Å². The number of amides is 1. The second-order valence-corrected chi connectivity index (χ2v) is 8.83. The predicted molar refractivity (Wildman–Crippen MR) is 104 cm³/mol. The van der Waals surface area contributed by atoms with Crippen LogP contribution in [0, 0.1) is 11.6 Å². The van der Waals surface area contributed by atoms with Crippen LogP contribution in [0.1, 0.15) is 12.8 Å². The molecule has 7 nitrogen and oxygen atoms in total. The molecule has 0 bridgehead atoms. The van der Waals surface area contributed by atoms with Crippen molar-refractivity contribution in [3.63, 3.8) is 0 Å². The maximum Gasteiger partial charge on any atom is 0.324 e. The fraction of sp³-hybridized carbons (Fsp3) is 0.263. The average Bonchev–Trinajstić information content (AvgIpc) is 3.19. The van der Waals surface area contributed by atoms with Crippen LogP contribution in [-0.2, 0) is 24.3 Å². The van der Waals surface area contributed by atoms with Crippen molar-refractivity contribution in [2.75, 3.05) is 18.5 Å². The lowest BCUT2D eigenvalue weighted by Gasteiger charge is -2.22. The summed E-state index contributed by atoms with van der Waals surface area (Å²) >= 11 is 5.78. The Labute approximate surface area is 176 Å². The van der Waals surface area contributed by atoms with E-state index in [0.29, 0.717) is 17.5 Å². The molecule has 1 unspecified atom stereocenters. The molecule has 0 radical (unpaired) electrons. The molecule has 1 heterocycles. The molecule has 0 saturated carbocycles. The van der Waals surface area contributed by atoms with Crippen LogP contribution < -0.4 is 5.32 Å². The molecule has 1 atom stereocenters. The Balaban J connectivity index is 1.63. The van der Waals surface area contributed by atoms with E-state index in [0.717, 1.165) is 16.4 Å². The summed E-state index contributed by atoms with van der Waals surface area (Å²) in [5.74, 6) is -3.52. The molecular formula is C19H17ClF2N2O5S. The summed E-state index contributed by atoms with van der Waals surface area (Å²) in [5.41, 5.74) is -0.273. The van der Waals surface area contributed by atoms with Crippen LogP contribution in [0.25, 0.3) is 0 Å². The van der Waals surface area contributed by atoms with Gasteiger partial charge in [-0.15, -0.1) is 0 Å². The summed E-state index contributed by atoms with van der Waals surface area (Å²) in [5, 5.41) is 2.52. The van der Waals surface area contributed by atoms with E-state index in [1.807, 2.05) is 0 Å². The maximum absolute atomic E-state index is 13.6. The number of rotatable bonds is 6. The van der Waals surface area contributed by atoms with Crippen molar-refractivity contribution in [3.05, 3.63) is 59.1 Å². The Kier molecular flexibility index (Phi) is 6.69. The van der Waals surface area contributed by atoms with Crippen LogP contribution in [0.5, 0.6) is 0 Å². The zero-order valence-corrected chi connectivity index (χ0v) is 17.1. The molecule has 30 heavy (non-hydrogen) atoms. The normalized spacial score (nSPS) is 17.0. The third-order valence-electron chi connectivity index (χ3n) is 4.45. The summed E-state index contributed by atoms with van der Waals surface area (Å²) in [6.07, 6.45) is 0.680. The number of hydrogen-bond donors (Lipinski definition) is 1. The van der Waals surface area contributed by atoms with Crippen molar-refractivity contribution >= 4 is 39.2 Å². The highest BCUT2D eigenvalue weighted by molar-refractivity contribution is 7.89. The Hall–Kier alpha value is -2.56. The number of nitrogens with one attached hydrogen (secondary N) is 1. The molecule has 3 rings (SSSR count). The molecule has 0 aliphatic carbocycles. The number of ether oxygens (including phenoxy) is 1. The highest BCUT2D eigenvalue weighted by Gasteiger charge is 2.40. The summed E-state index contributed by atoms with van der Waals surface area (Å²) in [6.45, 7) is -0.626. The molecule has 0 aromatic heterocycles. The minimum atomic E-state index is -3.96. The number of esters is 1. The number of benzene rings is 2. The molecule has 2 aromatic rings. The van der Waals surface area contributed by atoms with Gasteiger partial charge in [-0.25, -0.2) is 17.2 Å². The second kappa shape index (κ2) is 9.07. The van der Waals surface area contributed by atoms with Gasteiger partial charge in [-0.1, -0.05) is 11.6 Å². The lowest BCUT2D eigenvalue weighted by Crippen LogP contribution is -2.42. The quantitative estimate of drug-likeness (QED) is 0.672. The first-order valence-electron chi connectivity index (χ1n) is 8.87. The summed E-state index contributed by atoms with van der Waals surface area (Å²) < 4.78 is 58.1. The van der Waals surface area contributed by atoms with E-state index < -0.39 is 46.2 Å². The molecule has 1 saturated heterocycles. The third-order valence-corrected chi connectivity index (χ3v) is 6.62. The van der Waals surface area contributed by atoms with Crippen molar-refractivity contribution < 1.29 is 31.5 Å². The molecule has 1 amide bonds. The number of nitrogens with zero attached hydrogens (tertiary/aromatic N) is 1. The molecule has 1 aliphatic heterocycles. The van der Waals surface area contributed by atoms with Gasteiger partial charge in [-0.2, -0.15) is 4.31 Å². The summed E-state index contributed by atoms with van der Waals surface area (Å²) in [7, 11) is -3.96. The molecule has 160 valence electrons. The Morgan fingerprint density at radius 1 is 1.17 bits per heavy atom. The summed E-state index contributed by atoms with van der Waals surface area (Å²) in [4.78, 5) is 24.3. The van der Waals surface area contributed by atoms with Crippen molar-refractivity contribution in [2.24, 2.45) is 0 Å². The lowest BCUT2D eigenvalue weighted by atomic mass is 10.2. The molecule has 1 N–H and O–H groups in total. The number of hydrogen-bond acceptors (Lipinski definition) is 5. The largest absolute Gasteiger partial charge is 0.454 e. The van der Waals surface area contributed by atoms with Gasteiger partial charge in [0.25, 0.3) is 5.91 Å². The van der Waals surface area contributed by atoms with Crippen molar-refractivity contribution in [1.29, 1.82) is 0 Å². The molecule has 11 heteroatoms. The molecule has 1 fully saturated rings. The van der Waals surface area contributed by atoms with E-state index in [1.165, 1.54) is 24.3 Å². The maximum atomic E-state index is 13.6. The Morgan fingerprint density at radius 3 is 2.53 bits per heavy atom. The summed E-state index contributed by atoms with van der Waals surface area (Å²) in [6, 6.07) is 7.03. The predicted octanol–water partition coefficient (Wildman–Crippen LogP) is 2.95. The fourth-order valence-corrected chi connectivity index (χ4v) is 4.79. The van der Waals surface area contributed by atoms with Gasteiger partial charge in [0, 0.05) is 17.6 Å². The van der Waals surface area contributed by atoms with E-state index in [2.05, 4.69) is 5.32 Å². The Bertz CT molecular complexity index is 1060. The van der Waals surface area contributed by atoms with Gasteiger partial charge in [-0.3, -0.25) is 9.59 Å². The van der Waals surface area contributed by atoms with Crippen LogP contribution in [-0.4, -0.2) is 43.8 Å². The number of carbonyl (C=O) groups excluding carboxylic acids is 2. The van der Waals surface area contributed by atoms with Crippen molar-refractivity contribution in [2.45, 2.75) is 23.8 Å². The average molecular weight is 459 g/mol. The van der Waals surface area contributed by atoms with Gasteiger partial charge < -0.3 is 10.1 Å². The van der Waals surface area contributed by atoms with Crippen molar-refractivity contribution in [1.82, 2.24) is 4.31 Å². The van der Waals surface area contributed by atoms with E-state index in [4.69, 9.17) is 16.3 Å². The highest BCUT2D eigenvalue weighted by Crippen LogP contribution is 2.27. The van der Waals surface area contributed by atoms with Crippen molar-refractivity contribution in [3.8, 4) is 0 Å². The monoisotopic (exact) mass is 458 g/mol. The van der Waals surface area contributed by atoms with Gasteiger partial charge in [0.05, 0.1) is 10.6 Å². The Morgan fingerprint density at radius 2 is 1.87 bits per heavy atom.